The molecule has 12 unspecified atom stereocenters. The molecule has 4 aliphatic heterocycles. The van der Waals surface area contributed by atoms with E-state index in [-0.39, 0.29) is 53.8 Å². The maximum Gasteiger partial charge on any atom is 0.238 e. The second-order valence-electron chi connectivity index (χ2n) is 18.5. The van der Waals surface area contributed by atoms with E-state index in [0.717, 1.165) is 38.3 Å². The molecule has 4 aromatic carbocycles. The predicted octanol–water partition coefficient (Wildman–Crippen LogP) is 5.20. The van der Waals surface area contributed by atoms with Gasteiger partial charge in [-0.2, -0.15) is 0 Å². The Morgan fingerprint density at radius 2 is 0.651 bits per heavy atom. The molecule has 6 aliphatic carbocycles. The highest BCUT2D eigenvalue weighted by Gasteiger charge is 2.70. The Balaban J connectivity index is 0.730. The van der Waals surface area contributed by atoms with Gasteiger partial charge in [0, 0.05) is 30.7 Å². The van der Waals surface area contributed by atoms with E-state index in [1.807, 2.05) is 104 Å². The SMILES string of the molecule is Cc1ccc(-c2ccc(N3C(=O)C4C5C=CC(C6C(=O)N(Cc7ccc(-c8ccc(N9C(=O)C%10C%11C=CC(C%12C(=O)N(C)C(=O)C%11%12)C%10C9=O)cc8)cc7)C(=O)C56)C4C3=O)cc2)cc1. The minimum atomic E-state index is -0.719. The van der Waals surface area contributed by atoms with Crippen molar-refractivity contribution in [3.63, 3.8) is 0 Å². The first-order valence-corrected chi connectivity index (χ1v) is 21.6. The monoisotopic (exact) mass is 836 g/mol. The van der Waals surface area contributed by atoms with Gasteiger partial charge < -0.3 is 0 Å². The third-order valence-electron chi connectivity index (χ3n) is 15.6. The summed E-state index contributed by atoms with van der Waals surface area (Å²) in [5.74, 6) is -10.3. The summed E-state index contributed by atoms with van der Waals surface area (Å²) in [5.41, 5.74) is 6.41. The molecule has 0 radical (unpaired) electrons. The van der Waals surface area contributed by atoms with E-state index >= 15 is 0 Å². The second-order valence-corrected chi connectivity index (χ2v) is 18.5. The van der Waals surface area contributed by atoms with Crippen LogP contribution in [0.1, 0.15) is 11.1 Å². The van der Waals surface area contributed by atoms with Crippen LogP contribution < -0.4 is 9.80 Å². The topological polar surface area (TPSA) is 150 Å². The largest absolute Gasteiger partial charge is 0.285 e. The Kier molecular flexibility index (Phi) is 7.90. The lowest BCUT2D eigenvalue weighted by Crippen LogP contribution is -2.50. The Labute approximate surface area is 361 Å². The summed E-state index contributed by atoms with van der Waals surface area (Å²) < 4.78 is 0. The fourth-order valence-electron chi connectivity index (χ4n) is 12.7. The van der Waals surface area contributed by atoms with E-state index < -0.39 is 71.0 Å². The van der Waals surface area contributed by atoms with E-state index in [4.69, 9.17) is 0 Å². The molecular weight excluding hydrogens is 797 g/mol. The van der Waals surface area contributed by atoms with Crippen LogP contribution in [-0.2, 0) is 44.9 Å². The fourth-order valence-corrected chi connectivity index (χ4v) is 12.7. The second kappa shape index (κ2) is 13.2. The standard InChI is InChI=1S/C51H40N4O8/c1-24-3-7-26(8-4-24)28-11-15-30(16-12-28)55-50(62)42-34-21-22-35(43(42)51(55)63)39-38(34)46(58)53(47(39)59)23-25-5-9-27(10-6-25)29-13-17-31(18-14-29)54-48(60)40-32-19-20-33(41(40)49(54)61)37-36(32)44(56)52(2)45(37)57/h3-22,32-43H,23H2,1-2H3. The molecule has 12 atom stereocenters. The molecule has 0 spiro atoms. The van der Waals surface area contributed by atoms with Gasteiger partial charge in [0.15, 0.2) is 0 Å². The molecule has 10 aliphatic rings. The molecule has 4 heterocycles. The van der Waals surface area contributed by atoms with Gasteiger partial charge in [-0.3, -0.25) is 58.0 Å². The van der Waals surface area contributed by atoms with Crippen molar-refractivity contribution in [1.82, 2.24) is 9.80 Å². The molecular formula is C51H40N4O8. The van der Waals surface area contributed by atoms with Crippen molar-refractivity contribution < 1.29 is 38.4 Å². The van der Waals surface area contributed by atoms with Gasteiger partial charge in [0.05, 0.1) is 65.3 Å². The first kappa shape index (κ1) is 37.7. The summed E-state index contributed by atoms with van der Waals surface area (Å²) in [6.45, 7) is 2.07. The van der Waals surface area contributed by atoms with Gasteiger partial charge in [0.25, 0.3) is 0 Å². The Morgan fingerprint density at radius 3 is 1.00 bits per heavy atom. The lowest BCUT2D eigenvalue weighted by atomic mass is 9.54. The van der Waals surface area contributed by atoms with Crippen LogP contribution >= 0.6 is 0 Å². The third-order valence-corrected chi connectivity index (χ3v) is 15.6. The molecule has 4 bridgehead atoms. The van der Waals surface area contributed by atoms with Crippen molar-refractivity contribution in [3.05, 3.63) is 132 Å². The van der Waals surface area contributed by atoms with Crippen LogP contribution in [0.4, 0.5) is 11.4 Å². The highest BCUT2D eigenvalue weighted by atomic mass is 16.2. The lowest BCUT2D eigenvalue weighted by Gasteiger charge is -2.44. The molecule has 12 heteroatoms. The van der Waals surface area contributed by atoms with Gasteiger partial charge in [-0.1, -0.05) is 103 Å². The summed E-state index contributed by atoms with van der Waals surface area (Å²) in [5, 5.41) is 0. The highest BCUT2D eigenvalue weighted by Crippen LogP contribution is 2.60. The number of amides is 8. The summed E-state index contributed by atoms with van der Waals surface area (Å²) >= 11 is 0. The Bertz CT molecular complexity index is 2730. The first-order chi connectivity index (χ1) is 30.4. The van der Waals surface area contributed by atoms with Crippen molar-refractivity contribution in [2.45, 2.75) is 13.5 Å². The van der Waals surface area contributed by atoms with Crippen molar-refractivity contribution in [1.29, 1.82) is 0 Å². The Morgan fingerprint density at radius 1 is 0.365 bits per heavy atom. The molecule has 8 amide bonds. The van der Waals surface area contributed by atoms with Crippen LogP contribution in [0.2, 0.25) is 0 Å². The number of carbonyl (C=O) groups excluding carboxylic acids is 8. The molecule has 4 saturated heterocycles. The number of aryl methyl sites for hydroxylation is 1. The number of hydrogen-bond donors (Lipinski definition) is 0. The Hall–Kier alpha value is -7.08. The predicted molar refractivity (Wildman–Crippen MR) is 227 cm³/mol. The van der Waals surface area contributed by atoms with Crippen LogP contribution in [0, 0.1) is 77.9 Å². The summed E-state index contributed by atoms with van der Waals surface area (Å²) in [6.07, 6.45) is 7.43. The number of likely N-dealkylation sites (tertiary alicyclic amines) is 2. The number of carbonyl (C=O) groups is 8. The summed E-state index contributed by atoms with van der Waals surface area (Å²) in [7, 11) is 1.46. The van der Waals surface area contributed by atoms with Crippen LogP contribution in [0.3, 0.4) is 0 Å². The quantitative estimate of drug-likeness (QED) is 0.190. The molecule has 4 aromatic rings. The van der Waals surface area contributed by atoms with E-state index in [9.17, 15) is 38.4 Å². The molecule has 14 rings (SSSR count). The van der Waals surface area contributed by atoms with E-state index in [0.29, 0.717) is 11.4 Å². The maximum absolute atomic E-state index is 14.1. The summed E-state index contributed by atoms with van der Waals surface area (Å²) in [4.78, 5) is 115. The van der Waals surface area contributed by atoms with Gasteiger partial charge in [0.2, 0.25) is 47.3 Å². The van der Waals surface area contributed by atoms with Crippen molar-refractivity contribution in [2.75, 3.05) is 16.8 Å². The number of benzene rings is 4. The van der Waals surface area contributed by atoms with Gasteiger partial charge >= 0.3 is 0 Å². The smallest absolute Gasteiger partial charge is 0.238 e. The maximum atomic E-state index is 14.1. The third kappa shape index (κ3) is 5.03. The summed E-state index contributed by atoms with van der Waals surface area (Å²) in [6, 6.07) is 30.0. The van der Waals surface area contributed by atoms with Crippen molar-refractivity contribution >= 4 is 58.6 Å². The molecule has 0 aromatic heterocycles. The van der Waals surface area contributed by atoms with Gasteiger partial charge in [-0.25, -0.2) is 0 Å². The van der Waals surface area contributed by atoms with E-state index in [2.05, 4.69) is 0 Å². The number of hydrogen-bond acceptors (Lipinski definition) is 8. The molecule has 2 saturated carbocycles. The fraction of sp³-hybridized carbons (Fsp3) is 0.294. The zero-order chi connectivity index (χ0) is 43.3. The zero-order valence-corrected chi connectivity index (χ0v) is 34.2. The number of imide groups is 4. The minimum absolute atomic E-state index is 0.0492. The number of anilines is 2. The number of allylic oxidation sites excluding steroid dienone is 4. The van der Waals surface area contributed by atoms with E-state index in [1.165, 1.54) is 21.7 Å². The lowest BCUT2D eigenvalue weighted by molar-refractivity contribution is -0.141. The van der Waals surface area contributed by atoms with Gasteiger partial charge in [-0.15, -0.1) is 0 Å². The molecule has 12 nitrogen and oxygen atoms in total. The molecule has 6 fully saturated rings. The molecule has 312 valence electrons. The normalized spacial score (nSPS) is 33.3. The molecule has 0 N–H and O–H groups in total. The highest BCUT2D eigenvalue weighted by molar-refractivity contribution is 6.24. The average molecular weight is 837 g/mol. The molecule has 63 heavy (non-hydrogen) atoms. The zero-order valence-electron chi connectivity index (χ0n) is 34.2. The average Bonchev–Trinajstić information content (AvgIpc) is 3.93. The van der Waals surface area contributed by atoms with Crippen LogP contribution in [0.15, 0.2) is 121 Å². The number of nitrogens with zero attached hydrogens (tertiary/aromatic N) is 4. The first-order valence-electron chi connectivity index (χ1n) is 21.6. The number of rotatable bonds is 6. The van der Waals surface area contributed by atoms with Crippen molar-refractivity contribution in [3.8, 4) is 22.3 Å². The van der Waals surface area contributed by atoms with Crippen LogP contribution in [0.5, 0.6) is 0 Å². The van der Waals surface area contributed by atoms with Crippen LogP contribution in [-0.4, -0.2) is 64.1 Å². The van der Waals surface area contributed by atoms with Crippen molar-refractivity contribution in [2.24, 2.45) is 71.0 Å². The van der Waals surface area contributed by atoms with Crippen LogP contribution in [0.25, 0.3) is 22.3 Å². The van der Waals surface area contributed by atoms with E-state index in [1.54, 1.807) is 24.3 Å². The van der Waals surface area contributed by atoms with Gasteiger partial charge in [0.1, 0.15) is 0 Å². The minimum Gasteiger partial charge on any atom is -0.285 e. The van der Waals surface area contributed by atoms with Gasteiger partial charge in [-0.05, 0) is 59.0 Å².